The molecule has 31 heavy (non-hydrogen) atoms. The van der Waals surface area contributed by atoms with E-state index in [1.54, 1.807) is 12.5 Å². The lowest BCUT2D eigenvalue weighted by Crippen LogP contribution is -2.51. The molecule has 2 heteroatoms. The van der Waals surface area contributed by atoms with Gasteiger partial charge in [0.05, 0.1) is 5.60 Å². The quantitative estimate of drug-likeness (QED) is 0.378. The van der Waals surface area contributed by atoms with Crippen molar-refractivity contribution < 1.29 is 10.2 Å². The zero-order valence-corrected chi connectivity index (χ0v) is 21.1. The van der Waals surface area contributed by atoms with Crippen LogP contribution in [0.2, 0.25) is 0 Å². The summed E-state index contributed by atoms with van der Waals surface area (Å²) in [5.74, 6) is 5.79. The van der Waals surface area contributed by atoms with Gasteiger partial charge in [0, 0.05) is 0 Å². The molecule has 0 aromatic carbocycles. The fourth-order valence-corrected chi connectivity index (χ4v) is 8.15. The first-order valence-electron chi connectivity index (χ1n) is 13.1. The van der Waals surface area contributed by atoms with E-state index < -0.39 is 11.2 Å². The van der Waals surface area contributed by atoms with E-state index >= 15 is 0 Å². The van der Waals surface area contributed by atoms with Crippen LogP contribution in [0.3, 0.4) is 0 Å². The largest absolute Gasteiger partial charge is 0.390 e. The summed E-state index contributed by atoms with van der Waals surface area (Å²) >= 11 is 0. The molecule has 0 bridgehead atoms. The van der Waals surface area contributed by atoms with Crippen molar-refractivity contribution in [2.45, 2.75) is 123 Å². The van der Waals surface area contributed by atoms with Crippen LogP contribution in [-0.2, 0) is 0 Å². The Morgan fingerprint density at radius 3 is 2.48 bits per heavy atom. The van der Waals surface area contributed by atoms with Gasteiger partial charge in [-0.15, -0.1) is 6.42 Å². The molecule has 0 aromatic heterocycles. The van der Waals surface area contributed by atoms with Crippen molar-refractivity contribution in [1.29, 1.82) is 0 Å². The van der Waals surface area contributed by atoms with E-state index in [1.807, 2.05) is 20.8 Å². The highest BCUT2D eigenvalue weighted by atomic mass is 16.3. The first-order valence-corrected chi connectivity index (χ1v) is 13.1. The Hall–Kier alpha value is -0.780. The van der Waals surface area contributed by atoms with Gasteiger partial charge in [0.15, 0.2) is 0 Å². The zero-order valence-electron chi connectivity index (χ0n) is 21.1. The van der Waals surface area contributed by atoms with Gasteiger partial charge in [0.2, 0.25) is 0 Å². The molecule has 4 aliphatic rings. The summed E-state index contributed by atoms with van der Waals surface area (Å²) in [6, 6.07) is 0. The maximum atomic E-state index is 10.6. The average molecular weight is 429 g/mol. The van der Waals surface area contributed by atoms with Gasteiger partial charge in [-0.2, -0.15) is 0 Å². The predicted molar refractivity (Wildman–Crippen MR) is 130 cm³/mol. The molecule has 2 N–H and O–H groups in total. The molecule has 8 atom stereocenters. The molecule has 7 unspecified atom stereocenters. The van der Waals surface area contributed by atoms with Gasteiger partial charge in [0.25, 0.3) is 0 Å². The lowest BCUT2D eigenvalue weighted by molar-refractivity contribution is -0.0663. The van der Waals surface area contributed by atoms with Crippen LogP contribution in [0.4, 0.5) is 0 Å². The molecule has 4 rings (SSSR count). The predicted octanol–water partition coefficient (Wildman–Crippen LogP) is 6.90. The monoisotopic (exact) mass is 428 g/mol. The summed E-state index contributed by atoms with van der Waals surface area (Å²) in [7, 11) is 0. The van der Waals surface area contributed by atoms with Gasteiger partial charge < -0.3 is 10.2 Å². The van der Waals surface area contributed by atoms with Crippen molar-refractivity contribution in [3.8, 4) is 12.3 Å². The third-order valence-electron chi connectivity index (χ3n) is 10.1. The van der Waals surface area contributed by atoms with E-state index in [0.717, 1.165) is 55.8 Å². The first-order chi connectivity index (χ1) is 14.5. The highest BCUT2D eigenvalue weighted by molar-refractivity contribution is 5.26. The number of allylic oxidation sites excluding steroid dienone is 1. The second-order valence-corrected chi connectivity index (χ2v) is 12.1. The lowest BCUT2D eigenvalue weighted by Gasteiger charge is -2.59. The number of hydrogen-bond acceptors (Lipinski definition) is 2. The van der Waals surface area contributed by atoms with Crippen LogP contribution in [0.15, 0.2) is 11.6 Å². The van der Waals surface area contributed by atoms with Crippen molar-refractivity contribution in [2.24, 2.45) is 34.5 Å². The van der Waals surface area contributed by atoms with Gasteiger partial charge >= 0.3 is 0 Å². The normalized spacial score (nSPS) is 45.6. The van der Waals surface area contributed by atoms with Gasteiger partial charge in [-0.3, -0.25) is 0 Å². The fraction of sp³-hybridized carbons (Fsp3) is 0.862. The Morgan fingerprint density at radius 1 is 1.10 bits per heavy atom. The number of hydrogen-bond donors (Lipinski definition) is 2. The third-order valence-corrected chi connectivity index (χ3v) is 10.1. The van der Waals surface area contributed by atoms with Crippen LogP contribution >= 0.6 is 0 Å². The summed E-state index contributed by atoms with van der Waals surface area (Å²) in [6.45, 7) is 12.9. The van der Waals surface area contributed by atoms with Crippen LogP contribution < -0.4 is 0 Å². The smallest absolute Gasteiger partial charge is 0.122 e. The Morgan fingerprint density at radius 2 is 1.81 bits per heavy atom. The first kappa shape index (κ1) is 24.9. The van der Waals surface area contributed by atoms with Crippen molar-refractivity contribution in [3.05, 3.63) is 11.6 Å². The zero-order chi connectivity index (χ0) is 23.1. The Balaban J connectivity index is 0.00000132. The molecule has 0 spiro atoms. The molecule has 0 amide bonds. The summed E-state index contributed by atoms with van der Waals surface area (Å²) in [5.41, 5.74) is 0.892. The molecule has 4 aliphatic carbocycles. The standard InChI is InChI=1S/C27H42O2.C2H6/c1-6-24(2,28)14-7-8-19-10-12-22-21-11-9-20-18-25(3,29)16-17-27(20,5)23(21)13-15-26(19,22)4;1-2/h1,9,19,21-23,28-29H,7-8,10-18H2,2-5H3;1-2H3/t19?,21?,22?,23?,24?,25-,26?,27?;/m0./s1. The summed E-state index contributed by atoms with van der Waals surface area (Å²) in [6.07, 6.45) is 20.6. The maximum Gasteiger partial charge on any atom is 0.122 e. The second-order valence-electron chi connectivity index (χ2n) is 12.1. The SMILES string of the molecule is C#CC(C)(O)CCCC1CCC2C3CC=C4C[C@@](C)(O)CCC4(C)C3CCC12C.CC. The minimum absolute atomic E-state index is 0.316. The van der Waals surface area contributed by atoms with Crippen molar-refractivity contribution in [3.63, 3.8) is 0 Å². The maximum absolute atomic E-state index is 10.6. The van der Waals surface area contributed by atoms with Crippen LogP contribution in [0.1, 0.15) is 112 Å². The number of terminal acetylenes is 1. The average Bonchev–Trinajstić information content (AvgIpc) is 3.06. The highest BCUT2D eigenvalue weighted by Gasteiger charge is 2.58. The van der Waals surface area contributed by atoms with Crippen LogP contribution in [0.25, 0.3) is 0 Å². The molecule has 0 aliphatic heterocycles. The molecule has 2 nitrogen and oxygen atoms in total. The van der Waals surface area contributed by atoms with E-state index in [-0.39, 0.29) is 0 Å². The number of aliphatic hydroxyl groups is 2. The van der Waals surface area contributed by atoms with Gasteiger partial charge in [0.1, 0.15) is 5.60 Å². The summed E-state index contributed by atoms with van der Waals surface area (Å²) < 4.78 is 0. The minimum Gasteiger partial charge on any atom is -0.390 e. The summed E-state index contributed by atoms with van der Waals surface area (Å²) in [5, 5.41) is 20.8. The fourth-order valence-electron chi connectivity index (χ4n) is 8.15. The Kier molecular flexibility index (Phi) is 7.11. The third kappa shape index (κ3) is 4.52. The van der Waals surface area contributed by atoms with Gasteiger partial charge in [-0.1, -0.05) is 45.3 Å². The Labute approximate surface area is 192 Å². The molecule has 0 heterocycles. The number of fused-ring (bicyclic) bond motifs is 5. The topological polar surface area (TPSA) is 40.5 Å². The van der Waals surface area contributed by atoms with Crippen LogP contribution in [0.5, 0.6) is 0 Å². The molecular weight excluding hydrogens is 380 g/mol. The van der Waals surface area contributed by atoms with E-state index in [1.165, 1.54) is 38.5 Å². The molecule has 176 valence electrons. The molecular formula is C29H48O2. The molecule has 3 fully saturated rings. The van der Waals surface area contributed by atoms with E-state index in [2.05, 4.69) is 25.8 Å². The summed E-state index contributed by atoms with van der Waals surface area (Å²) in [4.78, 5) is 0. The Bertz CT molecular complexity index is 711. The molecule has 3 saturated carbocycles. The van der Waals surface area contributed by atoms with Gasteiger partial charge in [-0.05, 0) is 119 Å². The molecule has 0 aromatic rings. The van der Waals surface area contributed by atoms with Gasteiger partial charge in [-0.25, -0.2) is 0 Å². The van der Waals surface area contributed by atoms with Crippen molar-refractivity contribution in [2.75, 3.05) is 0 Å². The van der Waals surface area contributed by atoms with Crippen LogP contribution in [0, 0.1) is 46.8 Å². The molecule has 0 radical (unpaired) electrons. The van der Waals surface area contributed by atoms with Crippen molar-refractivity contribution in [1.82, 2.24) is 0 Å². The van der Waals surface area contributed by atoms with Crippen molar-refractivity contribution >= 4 is 0 Å². The van der Waals surface area contributed by atoms with E-state index in [9.17, 15) is 10.2 Å². The second kappa shape index (κ2) is 8.87. The number of rotatable bonds is 4. The van der Waals surface area contributed by atoms with E-state index in [4.69, 9.17) is 6.42 Å². The minimum atomic E-state index is -0.947. The highest BCUT2D eigenvalue weighted by Crippen LogP contribution is 2.67. The van der Waals surface area contributed by atoms with E-state index in [0.29, 0.717) is 10.8 Å². The molecule has 0 saturated heterocycles. The van der Waals surface area contributed by atoms with Crippen LogP contribution in [-0.4, -0.2) is 21.4 Å². The lowest BCUT2D eigenvalue weighted by atomic mass is 9.46.